The van der Waals surface area contributed by atoms with Crippen molar-refractivity contribution in [3.63, 3.8) is 0 Å². The quantitative estimate of drug-likeness (QED) is 0.819. The van der Waals surface area contributed by atoms with E-state index < -0.39 is 0 Å². The van der Waals surface area contributed by atoms with Crippen LogP contribution < -0.4 is 5.32 Å². The summed E-state index contributed by atoms with van der Waals surface area (Å²) in [6.07, 6.45) is 0. The lowest BCUT2D eigenvalue weighted by molar-refractivity contribution is 0.201. The number of nitrogens with zero attached hydrogens (tertiary/aromatic N) is 1. The summed E-state index contributed by atoms with van der Waals surface area (Å²) in [7, 11) is 4.07. The molecular weight excluding hydrogens is 215 g/mol. The van der Waals surface area contributed by atoms with Crippen molar-refractivity contribution in [2.75, 3.05) is 27.2 Å². The summed E-state index contributed by atoms with van der Waals surface area (Å²) in [4.78, 5) is 2.27. The van der Waals surface area contributed by atoms with Gasteiger partial charge in [-0.25, -0.2) is 4.39 Å². The Hall–Kier alpha value is -0.930. The molecule has 0 aliphatic rings. The Morgan fingerprint density at radius 2 is 1.82 bits per heavy atom. The largest absolute Gasteiger partial charge is 0.319 e. The lowest BCUT2D eigenvalue weighted by atomic mass is 9.93. The summed E-state index contributed by atoms with van der Waals surface area (Å²) in [5.41, 5.74) is 1.39. The standard InChI is InChI=1S/C14H23FN2/c1-14(2,10-16-3)11-17(4)9-12-5-7-13(15)8-6-12/h5-8,16H,9-11H2,1-4H3. The highest BCUT2D eigenvalue weighted by molar-refractivity contribution is 5.15. The Morgan fingerprint density at radius 3 is 2.35 bits per heavy atom. The molecule has 1 rings (SSSR count). The van der Waals surface area contributed by atoms with Crippen molar-refractivity contribution in [3.05, 3.63) is 35.6 Å². The molecule has 1 aromatic rings. The summed E-state index contributed by atoms with van der Waals surface area (Å²) in [6.45, 7) is 7.33. The first-order chi connectivity index (χ1) is 7.93. The molecule has 0 atom stereocenters. The van der Waals surface area contributed by atoms with Crippen LogP contribution in [-0.2, 0) is 6.54 Å². The van der Waals surface area contributed by atoms with Gasteiger partial charge in [0.05, 0.1) is 0 Å². The Bertz CT molecular complexity index is 333. The van der Waals surface area contributed by atoms with Gasteiger partial charge in [0.25, 0.3) is 0 Å². The molecule has 0 radical (unpaired) electrons. The van der Waals surface area contributed by atoms with Crippen LogP contribution in [0.1, 0.15) is 19.4 Å². The maximum absolute atomic E-state index is 12.8. The fourth-order valence-electron chi connectivity index (χ4n) is 2.22. The third kappa shape index (κ3) is 5.29. The lowest BCUT2D eigenvalue weighted by Crippen LogP contribution is -2.37. The van der Waals surface area contributed by atoms with Crippen molar-refractivity contribution in [1.82, 2.24) is 10.2 Å². The minimum absolute atomic E-state index is 0.174. The third-order valence-electron chi connectivity index (χ3n) is 2.72. The predicted molar refractivity (Wildman–Crippen MR) is 70.4 cm³/mol. The van der Waals surface area contributed by atoms with E-state index in [1.54, 1.807) is 0 Å². The van der Waals surface area contributed by atoms with Gasteiger partial charge in [-0.3, -0.25) is 0 Å². The molecule has 0 spiro atoms. The van der Waals surface area contributed by atoms with Crippen LogP contribution in [0.15, 0.2) is 24.3 Å². The van der Waals surface area contributed by atoms with E-state index >= 15 is 0 Å². The monoisotopic (exact) mass is 238 g/mol. The molecule has 0 aliphatic carbocycles. The Balaban J connectivity index is 2.49. The summed E-state index contributed by atoms with van der Waals surface area (Å²) < 4.78 is 12.8. The molecule has 17 heavy (non-hydrogen) atoms. The molecule has 3 heteroatoms. The summed E-state index contributed by atoms with van der Waals surface area (Å²) in [5, 5.41) is 3.21. The zero-order valence-electron chi connectivity index (χ0n) is 11.3. The highest BCUT2D eigenvalue weighted by atomic mass is 19.1. The zero-order chi connectivity index (χ0) is 12.9. The van der Waals surface area contributed by atoms with Crippen molar-refractivity contribution < 1.29 is 4.39 Å². The molecule has 0 heterocycles. The second kappa shape index (κ2) is 6.12. The Kier molecular flexibility index (Phi) is 5.09. The lowest BCUT2D eigenvalue weighted by Gasteiger charge is -2.30. The first kappa shape index (κ1) is 14.1. The number of rotatable bonds is 6. The minimum Gasteiger partial charge on any atom is -0.319 e. The maximum Gasteiger partial charge on any atom is 0.123 e. The number of hydrogen-bond acceptors (Lipinski definition) is 2. The predicted octanol–water partition coefficient (Wildman–Crippen LogP) is 2.50. The van der Waals surface area contributed by atoms with Crippen molar-refractivity contribution in [2.45, 2.75) is 20.4 Å². The van der Waals surface area contributed by atoms with Gasteiger partial charge in [0.2, 0.25) is 0 Å². The van der Waals surface area contributed by atoms with Gasteiger partial charge in [0.1, 0.15) is 5.82 Å². The molecule has 1 aromatic carbocycles. The van der Waals surface area contributed by atoms with Gasteiger partial charge in [-0.05, 0) is 37.2 Å². The number of hydrogen-bond donors (Lipinski definition) is 1. The van der Waals surface area contributed by atoms with Crippen LogP contribution in [0.2, 0.25) is 0 Å². The molecule has 0 saturated heterocycles. The van der Waals surface area contributed by atoms with Gasteiger partial charge in [0.15, 0.2) is 0 Å². The van der Waals surface area contributed by atoms with Crippen LogP contribution in [0.25, 0.3) is 0 Å². The van der Waals surface area contributed by atoms with Crippen LogP contribution in [0.4, 0.5) is 4.39 Å². The molecule has 0 unspecified atom stereocenters. The van der Waals surface area contributed by atoms with E-state index in [9.17, 15) is 4.39 Å². The van der Waals surface area contributed by atoms with Gasteiger partial charge in [-0.2, -0.15) is 0 Å². The average Bonchev–Trinajstić information content (AvgIpc) is 2.20. The molecule has 0 aromatic heterocycles. The molecule has 0 amide bonds. The second-order valence-electron chi connectivity index (χ2n) is 5.49. The van der Waals surface area contributed by atoms with E-state index in [0.29, 0.717) is 0 Å². The van der Waals surface area contributed by atoms with Gasteiger partial charge in [-0.15, -0.1) is 0 Å². The number of halogens is 1. The first-order valence-corrected chi connectivity index (χ1v) is 6.00. The van der Waals surface area contributed by atoms with Crippen molar-refractivity contribution >= 4 is 0 Å². The second-order valence-corrected chi connectivity index (χ2v) is 5.49. The van der Waals surface area contributed by atoms with E-state index in [1.807, 2.05) is 19.2 Å². The molecule has 0 saturated carbocycles. The van der Waals surface area contributed by atoms with Crippen molar-refractivity contribution in [2.24, 2.45) is 5.41 Å². The minimum atomic E-state index is -0.174. The maximum atomic E-state index is 12.8. The highest BCUT2D eigenvalue weighted by Gasteiger charge is 2.18. The van der Waals surface area contributed by atoms with Crippen molar-refractivity contribution in [3.8, 4) is 0 Å². The average molecular weight is 238 g/mol. The fourth-order valence-corrected chi connectivity index (χ4v) is 2.22. The fraction of sp³-hybridized carbons (Fsp3) is 0.571. The molecule has 2 nitrogen and oxygen atoms in total. The summed E-state index contributed by atoms with van der Waals surface area (Å²) in [6, 6.07) is 6.72. The zero-order valence-corrected chi connectivity index (χ0v) is 11.3. The van der Waals surface area contributed by atoms with E-state index in [0.717, 1.165) is 25.2 Å². The molecule has 0 fully saturated rings. The van der Waals surface area contributed by atoms with Crippen LogP contribution in [0.3, 0.4) is 0 Å². The topological polar surface area (TPSA) is 15.3 Å². The van der Waals surface area contributed by atoms with Gasteiger partial charge < -0.3 is 10.2 Å². The van der Waals surface area contributed by atoms with Crippen LogP contribution in [0.5, 0.6) is 0 Å². The van der Waals surface area contributed by atoms with Crippen molar-refractivity contribution in [1.29, 1.82) is 0 Å². The molecule has 1 N–H and O–H groups in total. The smallest absolute Gasteiger partial charge is 0.123 e. The van der Waals surface area contributed by atoms with Gasteiger partial charge in [0, 0.05) is 19.6 Å². The Labute approximate surface area is 104 Å². The van der Waals surface area contributed by atoms with E-state index in [4.69, 9.17) is 0 Å². The third-order valence-corrected chi connectivity index (χ3v) is 2.72. The Morgan fingerprint density at radius 1 is 1.24 bits per heavy atom. The summed E-state index contributed by atoms with van der Waals surface area (Å²) in [5.74, 6) is -0.174. The highest BCUT2D eigenvalue weighted by Crippen LogP contribution is 2.16. The van der Waals surface area contributed by atoms with E-state index in [2.05, 4.69) is 31.1 Å². The SMILES string of the molecule is CNCC(C)(C)CN(C)Cc1ccc(F)cc1. The number of benzene rings is 1. The van der Waals surface area contributed by atoms with Gasteiger partial charge in [-0.1, -0.05) is 26.0 Å². The molecule has 96 valence electrons. The van der Waals surface area contributed by atoms with E-state index in [1.165, 1.54) is 12.1 Å². The molecule has 0 bridgehead atoms. The van der Waals surface area contributed by atoms with Crippen LogP contribution in [-0.4, -0.2) is 32.1 Å². The van der Waals surface area contributed by atoms with Gasteiger partial charge >= 0.3 is 0 Å². The number of nitrogens with one attached hydrogen (secondary N) is 1. The summed E-state index contributed by atoms with van der Waals surface area (Å²) >= 11 is 0. The van der Waals surface area contributed by atoms with E-state index in [-0.39, 0.29) is 11.2 Å². The molecule has 0 aliphatic heterocycles. The van der Waals surface area contributed by atoms with Crippen LogP contribution in [0, 0.1) is 11.2 Å². The normalized spacial score (nSPS) is 12.1. The van der Waals surface area contributed by atoms with Crippen LogP contribution >= 0.6 is 0 Å². The first-order valence-electron chi connectivity index (χ1n) is 6.00. The molecular formula is C14H23FN2.